The van der Waals surface area contributed by atoms with Crippen molar-refractivity contribution in [1.29, 1.82) is 0 Å². The summed E-state index contributed by atoms with van der Waals surface area (Å²) in [4.78, 5) is 0. The van der Waals surface area contributed by atoms with Crippen LogP contribution < -0.4 is 5.32 Å². The SMILES string of the molecule is CCc1ccc(CNCCCCI)cc1. The molecule has 0 atom stereocenters. The Morgan fingerprint density at radius 3 is 2.33 bits per heavy atom. The minimum absolute atomic E-state index is 1.01. The molecular weight excluding hydrogens is 297 g/mol. The van der Waals surface area contributed by atoms with Crippen LogP contribution >= 0.6 is 22.6 Å². The number of alkyl halides is 1. The van der Waals surface area contributed by atoms with Gasteiger partial charge in [0.05, 0.1) is 0 Å². The summed E-state index contributed by atoms with van der Waals surface area (Å²) in [7, 11) is 0. The summed E-state index contributed by atoms with van der Waals surface area (Å²) in [6, 6.07) is 8.90. The largest absolute Gasteiger partial charge is 0.313 e. The Bertz CT molecular complexity index is 256. The van der Waals surface area contributed by atoms with Gasteiger partial charge in [-0.05, 0) is 41.4 Å². The molecule has 0 amide bonds. The van der Waals surface area contributed by atoms with E-state index in [1.165, 1.54) is 28.4 Å². The molecule has 0 unspecified atom stereocenters. The first-order chi connectivity index (χ1) is 7.36. The molecule has 0 aliphatic heterocycles. The lowest BCUT2D eigenvalue weighted by Gasteiger charge is -2.05. The van der Waals surface area contributed by atoms with E-state index in [2.05, 4.69) is 59.1 Å². The quantitative estimate of drug-likeness (QED) is 0.461. The van der Waals surface area contributed by atoms with Crippen molar-refractivity contribution >= 4 is 22.6 Å². The van der Waals surface area contributed by atoms with Gasteiger partial charge in [-0.3, -0.25) is 0 Å². The van der Waals surface area contributed by atoms with E-state index >= 15 is 0 Å². The van der Waals surface area contributed by atoms with Gasteiger partial charge in [0.2, 0.25) is 0 Å². The van der Waals surface area contributed by atoms with E-state index in [1.807, 2.05) is 0 Å². The smallest absolute Gasteiger partial charge is 0.0205 e. The van der Waals surface area contributed by atoms with Crippen molar-refractivity contribution in [2.75, 3.05) is 11.0 Å². The van der Waals surface area contributed by atoms with Gasteiger partial charge >= 0.3 is 0 Å². The maximum Gasteiger partial charge on any atom is 0.0205 e. The molecule has 1 nitrogen and oxygen atoms in total. The van der Waals surface area contributed by atoms with Crippen molar-refractivity contribution in [3.05, 3.63) is 35.4 Å². The number of halogens is 1. The van der Waals surface area contributed by atoms with Crippen LogP contribution in [0.5, 0.6) is 0 Å². The summed E-state index contributed by atoms with van der Waals surface area (Å²) >= 11 is 2.43. The van der Waals surface area contributed by atoms with Crippen LogP contribution in [-0.4, -0.2) is 11.0 Å². The van der Waals surface area contributed by atoms with E-state index in [0.29, 0.717) is 0 Å². The molecule has 0 radical (unpaired) electrons. The van der Waals surface area contributed by atoms with Crippen LogP contribution in [0.1, 0.15) is 30.9 Å². The van der Waals surface area contributed by atoms with Gasteiger partial charge < -0.3 is 5.32 Å². The third-order valence-electron chi connectivity index (χ3n) is 2.50. The third-order valence-corrected chi connectivity index (χ3v) is 3.26. The number of aryl methyl sites for hydroxylation is 1. The Balaban J connectivity index is 2.20. The fraction of sp³-hybridized carbons (Fsp3) is 0.538. The van der Waals surface area contributed by atoms with Crippen molar-refractivity contribution in [2.24, 2.45) is 0 Å². The zero-order valence-electron chi connectivity index (χ0n) is 9.43. The van der Waals surface area contributed by atoms with Crippen molar-refractivity contribution in [3.8, 4) is 0 Å². The minimum atomic E-state index is 1.01. The zero-order valence-corrected chi connectivity index (χ0v) is 11.6. The molecule has 0 aromatic heterocycles. The topological polar surface area (TPSA) is 12.0 Å². The van der Waals surface area contributed by atoms with Gasteiger partial charge in [-0.2, -0.15) is 0 Å². The van der Waals surface area contributed by atoms with Crippen molar-refractivity contribution in [1.82, 2.24) is 5.32 Å². The van der Waals surface area contributed by atoms with Crippen LogP contribution in [0, 0.1) is 0 Å². The first-order valence-corrected chi connectivity index (χ1v) is 7.24. The second-order valence-corrected chi connectivity index (χ2v) is 4.82. The van der Waals surface area contributed by atoms with E-state index in [1.54, 1.807) is 0 Å². The van der Waals surface area contributed by atoms with Gasteiger partial charge in [0.15, 0.2) is 0 Å². The Morgan fingerprint density at radius 2 is 1.73 bits per heavy atom. The van der Waals surface area contributed by atoms with Gasteiger partial charge in [-0.1, -0.05) is 53.8 Å². The molecule has 0 aliphatic carbocycles. The van der Waals surface area contributed by atoms with Gasteiger partial charge in [-0.25, -0.2) is 0 Å². The highest BCUT2D eigenvalue weighted by Gasteiger charge is 1.93. The molecule has 0 fully saturated rings. The second kappa shape index (κ2) is 8.11. The average molecular weight is 317 g/mol. The van der Waals surface area contributed by atoms with E-state index in [-0.39, 0.29) is 0 Å². The molecule has 1 aromatic rings. The summed E-state index contributed by atoms with van der Waals surface area (Å²) in [5.74, 6) is 0. The molecule has 0 heterocycles. The number of hydrogen-bond donors (Lipinski definition) is 1. The maximum atomic E-state index is 3.47. The molecule has 0 saturated heterocycles. The summed E-state index contributed by atoms with van der Waals surface area (Å²) in [5.41, 5.74) is 2.81. The zero-order chi connectivity index (χ0) is 10.9. The molecule has 15 heavy (non-hydrogen) atoms. The number of hydrogen-bond acceptors (Lipinski definition) is 1. The molecule has 0 saturated carbocycles. The van der Waals surface area contributed by atoms with E-state index in [9.17, 15) is 0 Å². The second-order valence-electron chi connectivity index (χ2n) is 3.74. The minimum Gasteiger partial charge on any atom is -0.313 e. The van der Waals surface area contributed by atoms with E-state index in [0.717, 1.165) is 19.5 Å². The molecule has 0 aliphatic rings. The standard InChI is InChI=1S/C13H20IN/c1-2-12-5-7-13(8-6-12)11-15-10-4-3-9-14/h5-8,15H,2-4,9-11H2,1H3. The van der Waals surface area contributed by atoms with Crippen LogP contribution in [0.3, 0.4) is 0 Å². The molecule has 0 bridgehead atoms. The summed E-state index contributed by atoms with van der Waals surface area (Å²) in [6.45, 7) is 4.33. The van der Waals surface area contributed by atoms with Gasteiger partial charge in [0.25, 0.3) is 0 Å². The first-order valence-electron chi connectivity index (χ1n) is 5.71. The monoisotopic (exact) mass is 317 g/mol. The lowest BCUT2D eigenvalue weighted by Crippen LogP contribution is -2.14. The molecule has 84 valence electrons. The third kappa shape index (κ3) is 5.52. The van der Waals surface area contributed by atoms with Crippen LogP contribution in [-0.2, 0) is 13.0 Å². The Morgan fingerprint density at radius 1 is 1.07 bits per heavy atom. The summed E-state index contributed by atoms with van der Waals surface area (Å²) in [5, 5.41) is 3.47. The Labute approximate surface area is 107 Å². The number of unbranched alkanes of at least 4 members (excludes halogenated alkanes) is 1. The Hall–Kier alpha value is -0.0900. The normalized spacial score (nSPS) is 10.5. The van der Waals surface area contributed by atoms with Crippen LogP contribution in [0.15, 0.2) is 24.3 Å². The lowest BCUT2D eigenvalue weighted by atomic mass is 10.1. The Kier molecular flexibility index (Phi) is 7.01. The van der Waals surface area contributed by atoms with E-state index < -0.39 is 0 Å². The molecule has 1 aromatic carbocycles. The number of nitrogens with one attached hydrogen (secondary N) is 1. The number of benzene rings is 1. The highest BCUT2D eigenvalue weighted by molar-refractivity contribution is 14.1. The van der Waals surface area contributed by atoms with Crippen LogP contribution in [0.4, 0.5) is 0 Å². The first kappa shape index (κ1) is 13.0. The maximum absolute atomic E-state index is 3.47. The fourth-order valence-electron chi connectivity index (χ4n) is 1.47. The number of rotatable bonds is 7. The van der Waals surface area contributed by atoms with Crippen LogP contribution in [0.2, 0.25) is 0 Å². The van der Waals surface area contributed by atoms with Gasteiger partial charge in [0, 0.05) is 6.54 Å². The molecule has 1 rings (SSSR count). The van der Waals surface area contributed by atoms with Gasteiger partial charge in [0.1, 0.15) is 0 Å². The van der Waals surface area contributed by atoms with Crippen molar-refractivity contribution < 1.29 is 0 Å². The predicted octanol–water partition coefficient (Wildman–Crippen LogP) is 3.55. The molecule has 1 N–H and O–H groups in total. The average Bonchev–Trinajstić information content (AvgIpc) is 2.30. The fourth-order valence-corrected chi connectivity index (χ4v) is 2.01. The van der Waals surface area contributed by atoms with Gasteiger partial charge in [-0.15, -0.1) is 0 Å². The molecule has 2 heteroatoms. The summed E-state index contributed by atoms with van der Waals surface area (Å²) < 4.78 is 1.27. The van der Waals surface area contributed by atoms with Crippen molar-refractivity contribution in [3.63, 3.8) is 0 Å². The highest BCUT2D eigenvalue weighted by Crippen LogP contribution is 2.04. The summed E-state index contributed by atoms with van der Waals surface area (Å²) in [6.07, 6.45) is 3.74. The predicted molar refractivity (Wildman–Crippen MR) is 75.6 cm³/mol. The highest BCUT2D eigenvalue weighted by atomic mass is 127. The van der Waals surface area contributed by atoms with Crippen molar-refractivity contribution in [2.45, 2.75) is 32.7 Å². The van der Waals surface area contributed by atoms with E-state index in [4.69, 9.17) is 0 Å². The molecule has 0 spiro atoms. The van der Waals surface area contributed by atoms with Crippen LogP contribution in [0.25, 0.3) is 0 Å². The molecular formula is C13H20IN. The lowest BCUT2D eigenvalue weighted by molar-refractivity contribution is 0.645.